The van der Waals surface area contributed by atoms with Gasteiger partial charge in [-0.3, -0.25) is 4.90 Å². The van der Waals surface area contributed by atoms with Gasteiger partial charge in [0.05, 0.1) is 6.61 Å². The van der Waals surface area contributed by atoms with Gasteiger partial charge in [0, 0.05) is 19.2 Å². The van der Waals surface area contributed by atoms with E-state index in [-0.39, 0.29) is 0 Å². The Morgan fingerprint density at radius 1 is 1.31 bits per heavy atom. The second kappa shape index (κ2) is 5.61. The van der Waals surface area contributed by atoms with Crippen LogP contribution in [0.4, 0.5) is 0 Å². The summed E-state index contributed by atoms with van der Waals surface area (Å²) in [6.07, 6.45) is 2.66. The number of ether oxygens (including phenoxy) is 1. The lowest BCUT2D eigenvalue weighted by Gasteiger charge is -2.21. The van der Waals surface area contributed by atoms with Crippen molar-refractivity contribution in [3.05, 3.63) is 0 Å². The minimum Gasteiger partial charge on any atom is -0.380 e. The lowest BCUT2D eigenvalue weighted by atomic mass is 10.0. The highest BCUT2D eigenvalue weighted by atomic mass is 16.5. The smallest absolute Gasteiger partial charge is 0.0621 e. The van der Waals surface area contributed by atoms with E-state index >= 15 is 0 Å². The first-order chi connectivity index (χ1) is 6.31. The fraction of sp³-hybridized carbons (Fsp3) is 1.00. The van der Waals surface area contributed by atoms with Crippen LogP contribution in [-0.4, -0.2) is 37.2 Å². The topological polar surface area (TPSA) is 12.5 Å². The molecular weight excluding hydrogens is 162 g/mol. The van der Waals surface area contributed by atoms with Crippen LogP contribution >= 0.6 is 0 Å². The largest absolute Gasteiger partial charge is 0.380 e. The van der Waals surface area contributed by atoms with Gasteiger partial charge < -0.3 is 4.74 Å². The highest BCUT2D eigenvalue weighted by molar-refractivity contribution is 4.83. The predicted molar refractivity (Wildman–Crippen MR) is 55.9 cm³/mol. The number of likely N-dealkylation sites (tertiary alicyclic amines) is 1. The van der Waals surface area contributed by atoms with Crippen LogP contribution in [0.15, 0.2) is 0 Å². The Labute approximate surface area is 82.3 Å². The van der Waals surface area contributed by atoms with Crippen molar-refractivity contribution >= 4 is 0 Å². The number of hydrogen-bond acceptors (Lipinski definition) is 2. The van der Waals surface area contributed by atoms with Crippen molar-refractivity contribution < 1.29 is 4.74 Å². The summed E-state index contributed by atoms with van der Waals surface area (Å²) in [6, 6.07) is 0.690. The molecule has 0 radical (unpaired) electrons. The highest BCUT2D eigenvalue weighted by Crippen LogP contribution is 2.25. The maximum Gasteiger partial charge on any atom is 0.0621 e. The Balaban J connectivity index is 2.33. The van der Waals surface area contributed by atoms with Crippen LogP contribution in [0, 0.1) is 5.92 Å². The minimum atomic E-state index is 0.690. The molecule has 2 atom stereocenters. The summed E-state index contributed by atoms with van der Waals surface area (Å²) in [4.78, 5) is 2.56. The van der Waals surface area contributed by atoms with Gasteiger partial charge in [0.15, 0.2) is 0 Å². The van der Waals surface area contributed by atoms with Crippen molar-refractivity contribution in [3.63, 3.8) is 0 Å². The van der Waals surface area contributed by atoms with E-state index in [1.807, 2.05) is 0 Å². The molecular formula is C11H23NO. The van der Waals surface area contributed by atoms with Crippen molar-refractivity contribution in [2.75, 3.05) is 26.3 Å². The molecule has 2 nitrogen and oxygen atoms in total. The Kier molecular flexibility index (Phi) is 4.74. The molecule has 0 aromatic carbocycles. The summed E-state index contributed by atoms with van der Waals surface area (Å²) in [6.45, 7) is 10.9. The van der Waals surface area contributed by atoms with Gasteiger partial charge in [0.1, 0.15) is 0 Å². The van der Waals surface area contributed by atoms with Gasteiger partial charge in [-0.05, 0) is 25.8 Å². The number of rotatable bonds is 5. The van der Waals surface area contributed by atoms with E-state index in [0.29, 0.717) is 6.04 Å². The van der Waals surface area contributed by atoms with Crippen molar-refractivity contribution in [2.45, 2.75) is 39.7 Å². The Morgan fingerprint density at radius 3 is 2.62 bits per heavy atom. The third-order valence-electron chi connectivity index (χ3n) is 3.11. The molecule has 0 aliphatic carbocycles. The highest BCUT2D eigenvalue weighted by Gasteiger charge is 2.29. The van der Waals surface area contributed by atoms with Crippen LogP contribution in [0.25, 0.3) is 0 Å². The van der Waals surface area contributed by atoms with Gasteiger partial charge in [-0.15, -0.1) is 0 Å². The summed E-state index contributed by atoms with van der Waals surface area (Å²) < 4.78 is 5.50. The third-order valence-corrected chi connectivity index (χ3v) is 3.11. The summed E-state index contributed by atoms with van der Waals surface area (Å²) in [5.41, 5.74) is 0. The summed E-state index contributed by atoms with van der Waals surface area (Å²) >= 11 is 0. The molecule has 1 aliphatic heterocycles. The van der Waals surface area contributed by atoms with E-state index < -0.39 is 0 Å². The zero-order valence-corrected chi connectivity index (χ0v) is 9.25. The monoisotopic (exact) mass is 185 g/mol. The predicted octanol–water partition coefficient (Wildman–Crippen LogP) is 2.14. The van der Waals surface area contributed by atoms with Gasteiger partial charge >= 0.3 is 0 Å². The Hall–Kier alpha value is -0.0800. The molecule has 2 unspecified atom stereocenters. The van der Waals surface area contributed by atoms with E-state index in [4.69, 9.17) is 4.74 Å². The molecule has 1 heterocycles. The molecule has 0 N–H and O–H groups in total. The zero-order valence-electron chi connectivity index (χ0n) is 9.25. The fourth-order valence-corrected chi connectivity index (χ4v) is 2.20. The van der Waals surface area contributed by atoms with Crippen molar-refractivity contribution in [1.29, 1.82) is 0 Å². The first-order valence-electron chi connectivity index (χ1n) is 5.63. The van der Waals surface area contributed by atoms with Crippen LogP contribution in [0.3, 0.4) is 0 Å². The fourth-order valence-electron chi connectivity index (χ4n) is 2.20. The molecule has 13 heavy (non-hydrogen) atoms. The molecule has 1 saturated heterocycles. The minimum absolute atomic E-state index is 0.690. The van der Waals surface area contributed by atoms with Crippen molar-refractivity contribution in [1.82, 2.24) is 4.90 Å². The summed E-state index contributed by atoms with van der Waals surface area (Å²) in [5.74, 6) is 0.908. The van der Waals surface area contributed by atoms with Gasteiger partial charge in [0.25, 0.3) is 0 Å². The van der Waals surface area contributed by atoms with Crippen molar-refractivity contribution in [3.8, 4) is 0 Å². The Bertz CT molecular complexity index is 138. The number of hydrogen-bond donors (Lipinski definition) is 0. The van der Waals surface area contributed by atoms with Gasteiger partial charge in [-0.2, -0.15) is 0 Å². The maximum atomic E-state index is 5.50. The van der Waals surface area contributed by atoms with E-state index in [0.717, 1.165) is 19.1 Å². The second-order valence-electron chi connectivity index (χ2n) is 3.91. The normalized spacial score (nSPS) is 29.8. The van der Waals surface area contributed by atoms with Crippen LogP contribution in [-0.2, 0) is 4.74 Å². The summed E-state index contributed by atoms with van der Waals surface area (Å²) in [5, 5.41) is 0. The lowest BCUT2D eigenvalue weighted by molar-refractivity contribution is 0.0874. The third kappa shape index (κ3) is 2.96. The van der Waals surface area contributed by atoms with Gasteiger partial charge in [0.2, 0.25) is 0 Å². The molecule has 0 spiro atoms. The van der Waals surface area contributed by atoms with E-state index in [1.165, 1.54) is 25.9 Å². The molecule has 0 aromatic rings. The SMILES string of the molecule is CCOCC1CC(CC)CN1CC. The van der Waals surface area contributed by atoms with E-state index in [9.17, 15) is 0 Å². The van der Waals surface area contributed by atoms with E-state index in [1.54, 1.807) is 0 Å². The van der Waals surface area contributed by atoms with Crippen LogP contribution in [0.5, 0.6) is 0 Å². The van der Waals surface area contributed by atoms with Crippen molar-refractivity contribution in [2.24, 2.45) is 5.92 Å². The molecule has 1 aliphatic rings. The average Bonchev–Trinajstić information content (AvgIpc) is 2.57. The van der Waals surface area contributed by atoms with E-state index in [2.05, 4.69) is 25.7 Å². The van der Waals surface area contributed by atoms with Crippen LogP contribution < -0.4 is 0 Å². The molecule has 78 valence electrons. The van der Waals surface area contributed by atoms with Crippen LogP contribution in [0.2, 0.25) is 0 Å². The number of nitrogens with zero attached hydrogens (tertiary/aromatic N) is 1. The molecule has 0 saturated carbocycles. The van der Waals surface area contributed by atoms with Crippen LogP contribution in [0.1, 0.15) is 33.6 Å². The van der Waals surface area contributed by atoms with Gasteiger partial charge in [-0.25, -0.2) is 0 Å². The van der Waals surface area contributed by atoms with Gasteiger partial charge in [-0.1, -0.05) is 20.3 Å². The number of likely N-dealkylation sites (N-methyl/N-ethyl adjacent to an activating group) is 1. The molecule has 0 amide bonds. The Morgan fingerprint density at radius 2 is 2.08 bits per heavy atom. The molecule has 0 bridgehead atoms. The lowest BCUT2D eigenvalue weighted by Crippen LogP contribution is -2.32. The standard InChI is InChI=1S/C11H23NO/c1-4-10-7-11(9-13-6-3)12(5-2)8-10/h10-11H,4-9H2,1-3H3. The quantitative estimate of drug-likeness (QED) is 0.650. The molecule has 1 rings (SSSR count). The maximum absolute atomic E-state index is 5.50. The average molecular weight is 185 g/mol. The first kappa shape index (κ1) is 11.0. The second-order valence-corrected chi connectivity index (χ2v) is 3.91. The molecule has 1 fully saturated rings. The molecule has 2 heteroatoms. The molecule has 0 aromatic heterocycles. The zero-order chi connectivity index (χ0) is 9.68. The first-order valence-corrected chi connectivity index (χ1v) is 5.63. The summed E-state index contributed by atoms with van der Waals surface area (Å²) in [7, 11) is 0.